The third-order valence-electron chi connectivity index (χ3n) is 2.91. The van der Waals surface area contributed by atoms with Crippen molar-refractivity contribution in [1.29, 1.82) is 0 Å². The zero-order valence-electron chi connectivity index (χ0n) is 10.3. The van der Waals surface area contributed by atoms with Crippen LogP contribution in [0.4, 0.5) is 5.82 Å². The minimum atomic E-state index is 0.461. The van der Waals surface area contributed by atoms with E-state index in [0.29, 0.717) is 22.4 Å². The van der Waals surface area contributed by atoms with E-state index in [0.717, 1.165) is 16.5 Å². The van der Waals surface area contributed by atoms with Gasteiger partial charge in [0.1, 0.15) is 5.52 Å². The number of halogens is 2. The fourth-order valence-electron chi connectivity index (χ4n) is 1.91. The molecule has 4 nitrogen and oxygen atoms in total. The number of hydrogen-bond acceptors (Lipinski definition) is 4. The monoisotopic (exact) mass is 304 g/mol. The van der Waals surface area contributed by atoms with Crippen molar-refractivity contribution >= 4 is 39.9 Å². The van der Waals surface area contributed by atoms with Crippen molar-refractivity contribution in [2.45, 2.75) is 6.54 Å². The zero-order chi connectivity index (χ0) is 13.9. The SMILES string of the molecule is Clc1cncc(Cl)c1CNc1nccc2cccnc12. The second-order valence-electron chi connectivity index (χ2n) is 4.17. The molecule has 0 aliphatic rings. The summed E-state index contributed by atoms with van der Waals surface area (Å²) in [7, 11) is 0. The highest BCUT2D eigenvalue weighted by Gasteiger charge is 2.08. The summed E-state index contributed by atoms with van der Waals surface area (Å²) in [5, 5.41) is 5.29. The molecule has 100 valence electrons. The van der Waals surface area contributed by atoms with Gasteiger partial charge >= 0.3 is 0 Å². The van der Waals surface area contributed by atoms with E-state index in [1.165, 1.54) is 0 Å². The minimum absolute atomic E-state index is 0.461. The highest BCUT2D eigenvalue weighted by molar-refractivity contribution is 6.35. The lowest BCUT2D eigenvalue weighted by atomic mass is 10.2. The molecule has 0 fully saturated rings. The Morgan fingerprint density at radius 1 is 1.00 bits per heavy atom. The van der Waals surface area contributed by atoms with Crippen LogP contribution in [0.25, 0.3) is 10.9 Å². The van der Waals surface area contributed by atoms with Crippen molar-refractivity contribution in [2.75, 3.05) is 5.32 Å². The highest BCUT2D eigenvalue weighted by atomic mass is 35.5. The second kappa shape index (κ2) is 5.61. The van der Waals surface area contributed by atoms with E-state index in [9.17, 15) is 0 Å². The molecule has 0 unspecified atom stereocenters. The van der Waals surface area contributed by atoms with Gasteiger partial charge in [-0.2, -0.15) is 0 Å². The first-order valence-corrected chi connectivity index (χ1v) is 6.73. The number of nitrogens with one attached hydrogen (secondary N) is 1. The molecule has 3 rings (SSSR count). The molecular weight excluding hydrogens is 295 g/mol. The number of rotatable bonds is 3. The number of nitrogens with zero attached hydrogens (tertiary/aromatic N) is 3. The van der Waals surface area contributed by atoms with Crippen LogP contribution in [0.5, 0.6) is 0 Å². The number of fused-ring (bicyclic) bond motifs is 1. The van der Waals surface area contributed by atoms with Crippen molar-refractivity contribution in [1.82, 2.24) is 15.0 Å². The second-order valence-corrected chi connectivity index (χ2v) is 4.98. The van der Waals surface area contributed by atoms with Crippen LogP contribution in [0.3, 0.4) is 0 Å². The average molecular weight is 305 g/mol. The van der Waals surface area contributed by atoms with Crippen LogP contribution < -0.4 is 5.32 Å². The summed E-state index contributed by atoms with van der Waals surface area (Å²) in [6.45, 7) is 0.461. The molecular formula is C14H10Cl2N4. The summed E-state index contributed by atoms with van der Waals surface area (Å²) >= 11 is 12.2. The van der Waals surface area contributed by atoms with Gasteiger partial charge in [0.05, 0.1) is 10.0 Å². The van der Waals surface area contributed by atoms with E-state index in [1.54, 1.807) is 24.8 Å². The summed E-state index contributed by atoms with van der Waals surface area (Å²) in [5.41, 5.74) is 1.61. The molecule has 20 heavy (non-hydrogen) atoms. The summed E-state index contributed by atoms with van der Waals surface area (Å²) in [4.78, 5) is 12.6. The molecule has 0 bridgehead atoms. The predicted molar refractivity (Wildman–Crippen MR) is 81.1 cm³/mol. The third-order valence-corrected chi connectivity index (χ3v) is 3.56. The first kappa shape index (κ1) is 13.1. The Hall–Kier alpha value is -1.91. The van der Waals surface area contributed by atoms with E-state index in [2.05, 4.69) is 20.3 Å². The molecule has 0 spiro atoms. The Morgan fingerprint density at radius 2 is 1.80 bits per heavy atom. The molecule has 0 atom stereocenters. The Labute approximate surface area is 125 Å². The average Bonchev–Trinajstić information content (AvgIpc) is 2.47. The van der Waals surface area contributed by atoms with Crippen LogP contribution in [0.1, 0.15) is 5.56 Å². The van der Waals surface area contributed by atoms with Gasteiger partial charge in [-0.05, 0) is 12.1 Å². The summed E-state index contributed by atoms with van der Waals surface area (Å²) < 4.78 is 0. The van der Waals surface area contributed by atoms with Crippen molar-refractivity contribution in [3.8, 4) is 0 Å². The van der Waals surface area contributed by atoms with Crippen molar-refractivity contribution in [3.05, 3.63) is 58.6 Å². The van der Waals surface area contributed by atoms with Crippen LogP contribution in [0, 0.1) is 0 Å². The van der Waals surface area contributed by atoms with Crippen LogP contribution in [0.2, 0.25) is 10.0 Å². The van der Waals surface area contributed by atoms with Crippen LogP contribution in [-0.4, -0.2) is 15.0 Å². The van der Waals surface area contributed by atoms with Gasteiger partial charge in [-0.3, -0.25) is 9.97 Å². The first-order chi connectivity index (χ1) is 9.75. The summed E-state index contributed by atoms with van der Waals surface area (Å²) in [6.07, 6.45) is 6.61. The first-order valence-electron chi connectivity index (χ1n) is 5.97. The van der Waals surface area contributed by atoms with Crippen molar-refractivity contribution < 1.29 is 0 Å². The minimum Gasteiger partial charge on any atom is -0.364 e. The van der Waals surface area contributed by atoms with Gasteiger partial charge in [-0.15, -0.1) is 0 Å². The molecule has 6 heteroatoms. The molecule has 3 aromatic rings. The van der Waals surface area contributed by atoms with Crippen LogP contribution in [0.15, 0.2) is 43.0 Å². The van der Waals surface area contributed by atoms with Gasteiger partial charge in [-0.25, -0.2) is 4.98 Å². The Kier molecular flexibility index (Phi) is 3.67. The Morgan fingerprint density at radius 3 is 2.60 bits per heavy atom. The Bertz CT molecular complexity index is 736. The van der Waals surface area contributed by atoms with Gasteiger partial charge in [0.2, 0.25) is 0 Å². The summed E-state index contributed by atoms with van der Waals surface area (Å²) in [5.74, 6) is 0.701. The van der Waals surface area contributed by atoms with E-state index in [1.807, 2.05) is 18.2 Å². The third kappa shape index (κ3) is 2.53. The molecule has 3 aromatic heterocycles. The highest BCUT2D eigenvalue weighted by Crippen LogP contribution is 2.25. The number of anilines is 1. The predicted octanol–water partition coefficient (Wildman–Crippen LogP) is 3.94. The number of aromatic nitrogens is 3. The molecule has 1 N–H and O–H groups in total. The topological polar surface area (TPSA) is 50.7 Å². The van der Waals surface area contributed by atoms with Crippen LogP contribution >= 0.6 is 23.2 Å². The quantitative estimate of drug-likeness (QED) is 0.796. The number of hydrogen-bond donors (Lipinski definition) is 1. The van der Waals surface area contributed by atoms with E-state index < -0.39 is 0 Å². The fourth-order valence-corrected chi connectivity index (χ4v) is 2.41. The van der Waals surface area contributed by atoms with Gasteiger partial charge in [0, 0.05) is 42.3 Å². The van der Waals surface area contributed by atoms with E-state index in [-0.39, 0.29) is 0 Å². The molecule has 0 amide bonds. The normalized spacial score (nSPS) is 10.7. The van der Waals surface area contributed by atoms with Crippen molar-refractivity contribution in [2.24, 2.45) is 0 Å². The molecule has 3 heterocycles. The lowest BCUT2D eigenvalue weighted by Crippen LogP contribution is -2.04. The van der Waals surface area contributed by atoms with E-state index in [4.69, 9.17) is 23.2 Å². The standard InChI is InChI=1S/C14H10Cl2N4/c15-11-7-17-8-12(16)10(11)6-20-14-13-9(3-5-19-14)2-1-4-18-13/h1-5,7-8H,6H2,(H,19,20). The molecule has 0 radical (unpaired) electrons. The Balaban J connectivity index is 1.91. The molecule has 0 aliphatic carbocycles. The van der Waals surface area contributed by atoms with Gasteiger partial charge in [0.15, 0.2) is 5.82 Å². The molecule has 0 saturated carbocycles. The maximum atomic E-state index is 6.09. The molecule has 0 aliphatic heterocycles. The summed E-state index contributed by atoms with van der Waals surface area (Å²) in [6, 6.07) is 5.80. The smallest absolute Gasteiger partial charge is 0.152 e. The molecule has 0 saturated heterocycles. The van der Waals surface area contributed by atoms with Gasteiger partial charge in [-0.1, -0.05) is 29.3 Å². The lowest BCUT2D eigenvalue weighted by molar-refractivity contribution is 1.10. The zero-order valence-corrected chi connectivity index (χ0v) is 11.9. The largest absolute Gasteiger partial charge is 0.364 e. The number of pyridine rings is 3. The van der Waals surface area contributed by atoms with Gasteiger partial charge in [0.25, 0.3) is 0 Å². The van der Waals surface area contributed by atoms with Crippen molar-refractivity contribution in [3.63, 3.8) is 0 Å². The maximum absolute atomic E-state index is 6.09. The van der Waals surface area contributed by atoms with Gasteiger partial charge < -0.3 is 5.32 Å². The maximum Gasteiger partial charge on any atom is 0.152 e. The van der Waals surface area contributed by atoms with E-state index >= 15 is 0 Å². The fraction of sp³-hybridized carbons (Fsp3) is 0.0714. The van der Waals surface area contributed by atoms with Crippen LogP contribution in [-0.2, 0) is 6.54 Å². The lowest BCUT2D eigenvalue weighted by Gasteiger charge is -2.10. The molecule has 0 aromatic carbocycles.